The molecule has 1 saturated carbocycles. The first kappa shape index (κ1) is 22.0. The highest BCUT2D eigenvalue weighted by Gasteiger charge is 2.62. The Morgan fingerprint density at radius 3 is 2.34 bits per heavy atom. The van der Waals surface area contributed by atoms with Crippen molar-refractivity contribution in [3.63, 3.8) is 0 Å². The number of hydrogen-bond donors (Lipinski definition) is 1. The smallest absolute Gasteiger partial charge is 0.341 e. The molecule has 0 aromatic carbocycles. The fourth-order valence-electron chi connectivity index (χ4n) is 5.04. The van der Waals surface area contributed by atoms with Crippen LogP contribution < -0.4 is 0 Å². The van der Waals surface area contributed by atoms with E-state index < -0.39 is 46.2 Å². The molecule has 0 spiro atoms. The van der Waals surface area contributed by atoms with Gasteiger partial charge in [0.25, 0.3) is 0 Å². The molecule has 2 fully saturated rings. The van der Waals surface area contributed by atoms with Gasteiger partial charge in [0.05, 0.1) is 11.7 Å². The Kier molecular flexibility index (Phi) is 5.03. The summed E-state index contributed by atoms with van der Waals surface area (Å²) < 4.78 is 17.0. The SMILES string of the molecule is CC(=O)O[C@]1(C)[C@@H]2C=C(C(C)(C)O)C(=O)C[C@@]2(C)CC[C@H]1OC(=O)[C@@]1(C)O[C@H]1C. The Balaban J connectivity index is 2.01. The minimum Gasteiger partial charge on any atom is -0.456 e. The molecule has 0 bridgehead atoms. The first-order valence-electron chi connectivity index (χ1n) is 10.2. The fourth-order valence-corrected chi connectivity index (χ4v) is 5.04. The highest BCUT2D eigenvalue weighted by molar-refractivity contribution is 5.98. The standard InChI is InChI=1S/C22H32O7/c1-12-21(6,28-12)18(25)27-17-8-9-20(5)11-15(24)14(19(3,4)26)10-16(20)22(17,7)29-13(2)23/h10,12,16-17,26H,8-9,11H2,1-7H3/t12-,16+,17+,20+,21-,22+/m0/s1. The lowest BCUT2D eigenvalue weighted by atomic mass is 9.54. The van der Waals surface area contributed by atoms with Crippen LogP contribution in [0, 0.1) is 11.3 Å². The molecule has 162 valence electrons. The summed E-state index contributed by atoms with van der Waals surface area (Å²) in [7, 11) is 0. The molecule has 29 heavy (non-hydrogen) atoms. The number of carbonyl (C=O) groups is 3. The maximum absolute atomic E-state index is 12.7. The Labute approximate surface area is 171 Å². The van der Waals surface area contributed by atoms with Crippen LogP contribution in [0.25, 0.3) is 0 Å². The fraction of sp³-hybridized carbons (Fsp3) is 0.773. The van der Waals surface area contributed by atoms with Crippen molar-refractivity contribution >= 4 is 17.7 Å². The van der Waals surface area contributed by atoms with E-state index in [1.807, 2.05) is 6.92 Å². The van der Waals surface area contributed by atoms with E-state index in [0.717, 1.165) is 0 Å². The van der Waals surface area contributed by atoms with Gasteiger partial charge in [0.15, 0.2) is 17.0 Å². The highest BCUT2D eigenvalue weighted by Crippen LogP contribution is 2.55. The Hall–Kier alpha value is -1.73. The molecule has 1 saturated heterocycles. The molecule has 1 heterocycles. The van der Waals surface area contributed by atoms with Gasteiger partial charge in [0.2, 0.25) is 0 Å². The quantitative estimate of drug-likeness (QED) is 0.563. The van der Waals surface area contributed by atoms with E-state index in [-0.39, 0.29) is 18.3 Å². The van der Waals surface area contributed by atoms with Crippen LogP contribution in [0.4, 0.5) is 0 Å². The van der Waals surface area contributed by atoms with E-state index in [4.69, 9.17) is 14.2 Å². The van der Waals surface area contributed by atoms with Gasteiger partial charge < -0.3 is 19.3 Å². The maximum atomic E-state index is 12.7. The molecule has 0 unspecified atom stereocenters. The zero-order chi connectivity index (χ0) is 22.0. The number of Topliss-reactive ketones (excluding diaryl/α,β-unsaturated/α-hetero) is 1. The van der Waals surface area contributed by atoms with E-state index in [2.05, 4.69) is 0 Å². The van der Waals surface area contributed by atoms with E-state index in [9.17, 15) is 19.5 Å². The molecule has 2 aliphatic carbocycles. The lowest BCUT2D eigenvalue weighted by Crippen LogP contribution is -2.61. The second kappa shape index (κ2) is 6.64. The zero-order valence-electron chi connectivity index (χ0n) is 18.3. The molecule has 0 amide bonds. The Morgan fingerprint density at radius 2 is 1.86 bits per heavy atom. The van der Waals surface area contributed by atoms with Gasteiger partial charge in [-0.3, -0.25) is 9.59 Å². The number of ketones is 1. The molecule has 0 radical (unpaired) electrons. The summed E-state index contributed by atoms with van der Waals surface area (Å²) >= 11 is 0. The van der Waals surface area contributed by atoms with Crippen molar-refractivity contribution < 1.29 is 33.7 Å². The van der Waals surface area contributed by atoms with Gasteiger partial charge in [-0.05, 0) is 52.9 Å². The molecule has 1 N–H and O–H groups in total. The topological polar surface area (TPSA) is 102 Å². The second-order valence-corrected chi connectivity index (χ2v) is 9.95. The summed E-state index contributed by atoms with van der Waals surface area (Å²) in [4.78, 5) is 37.4. The maximum Gasteiger partial charge on any atom is 0.341 e. The summed E-state index contributed by atoms with van der Waals surface area (Å²) in [5.41, 5.74) is -3.62. The number of carbonyl (C=O) groups excluding carboxylic acids is 3. The van der Waals surface area contributed by atoms with Crippen LogP contribution in [-0.4, -0.2) is 51.8 Å². The van der Waals surface area contributed by atoms with Crippen LogP contribution in [-0.2, 0) is 28.6 Å². The minimum absolute atomic E-state index is 0.107. The number of fused-ring (bicyclic) bond motifs is 1. The van der Waals surface area contributed by atoms with Crippen LogP contribution in [0.15, 0.2) is 11.6 Å². The molecule has 3 rings (SSSR count). The summed E-state index contributed by atoms with van der Waals surface area (Å²) in [5.74, 6) is -1.47. The molecule has 7 heteroatoms. The van der Waals surface area contributed by atoms with Gasteiger partial charge in [-0.25, -0.2) is 4.79 Å². The number of rotatable bonds is 4. The average Bonchev–Trinajstić information content (AvgIpc) is 3.16. The van der Waals surface area contributed by atoms with Crippen LogP contribution >= 0.6 is 0 Å². The molecule has 0 aromatic heterocycles. The molecular formula is C22H32O7. The predicted octanol–water partition coefficient (Wildman–Crippen LogP) is 2.48. The van der Waals surface area contributed by atoms with Crippen molar-refractivity contribution in [1.82, 2.24) is 0 Å². The molecule has 3 aliphatic rings. The van der Waals surface area contributed by atoms with Crippen LogP contribution in [0.2, 0.25) is 0 Å². The predicted molar refractivity (Wildman–Crippen MR) is 104 cm³/mol. The number of hydrogen-bond acceptors (Lipinski definition) is 7. The zero-order valence-corrected chi connectivity index (χ0v) is 18.3. The van der Waals surface area contributed by atoms with E-state index in [1.54, 1.807) is 40.7 Å². The molecule has 6 atom stereocenters. The third-order valence-electron chi connectivity index (χ3n) is 7.00. The number of epoxide rings is 1. The van der Waals surface area contributed by atoms with Crippen LogP contribution in [0.3, 0.4) is 0 Å². The van der Waals surface area contributed by atoms with Gasteiger partial charge in [0, 0.05) is 24.8 Å². The summed E-state index contributed by atoms with van der Waals surface area (Å²) in [6.07, 6.45) is 2.15. The van der Waals surface area contributed by atoms with Crippen molar-refractivity contribution in [2.75, 3.05) is 0 Å². The lowest BCUT2D eigenvalue weighted by Gasteiger charge is -2.55. The molecule has 7 nitrogen and oxygen atoms in total. The largest absolute Gasteiger partial charge is 0.456 e. The van der Waals surface area contributed by atoms with Crippen molar-refractivity contribution in [3.05, 3.63) is 11.6 Å². The van der Waals surface area contributed by atoms with Crippen molar-refractivity contribution in [1.29, 1.82) is 0 Å². The summed E-state index contributed by atoms with van der Waals surface area (Å²) in [6.45, 7) is 11.7. The Morgan fingerprint density at radius 1 is 1.28 bits per heavy atom. The van der Waals surface area contributed by atoms with Crippen molar-refractivity contribution in [3.8, 4) is 0 Å². The van der Waals surface area contributed by atoms with Gasteiger partial charge in [-0.1, -0.05) is 13.0 Å². The highest BCUT2D eigenvalue weighted by atomic mass is 16.7. The number of aliphatic hydroxyl groups is 1. The summed E-state index contributed by atoms with van der Waals surface area (Å²) in [6, 6.07) is 0. The van der Waals surface area contributed by atoms with E-state index in [1.165, 1.54) is 6.92 Å². The van der Waals surface area contributed by atoms with E-state index >= 15 is 0 Å². The number of ether oxygens (including phenoxy) is 3. The van der Waals surface area contributed by atoms with Gasteiger partial charge >= 0.3 is 11.9 Å². The van der Waals surface area contributed by atoms with Crippen LogP contribution in [0.1, 0.15) is 67.7 Å². The second-order valence-electron chi connectivity index (χ2n) is 9.95. The first-order valence-corrected chi connectivity index (χ1v) is 10.2. The summed E-state index contributed by atoms with van der Waals surface area (Å²) in [5, 5.41) is 10.5. The lowest BCUT2D eigenvalue weighted by molar-refractivity contribution is -0.212. The van der Waals surface area contributed by atoms with Crippen molar-refractivity contribution in [2.24, 2.45) is 11.3 Å². The third-order valence-corrected chi connectivity index (χ3v) is 7.00. The third kappa shape index (κ3) is 3.63. The average molecular weight is 408 g/mol. The van der Waals surface area contributed by atoms with E-state index in [0.29, 0.717) is 18.4 Å². The van der Waals surface area contributed by atoms with Crippen LogP contribution in [0.5, 0.6) is 0 Å². The molecule has 1 aliphatic heterocycles. The first-order chi connectivity index (χ1) is 13.1. The monoisotopic (exact) mass is 408 g/mol. The van der Waals surface area contributed by atoms with Gasteiger partial charge in [-0.15, -0.1) is 0 Å². The molecular weight excluding hydrogens is 376 g/mol. The van der Waals surface area contributed by atoms with Gasteiger partial charge in [0.1, 0.15) is 6.10 Å². The molecule has 0 aromatic rings. The minimum atomic E-state index is -1.32. The number of esters is 2. The normalized spacial score (nSPS) is 41.9. The van der Waals surface area contributed by atoms with Gasteiger partial charge in [-0.2, -0.15) is 0 Å². The van der Waals surface area contributed by atoms with Crippen molar-refractivity contribution in [2.45, 2.75) is 96.7 Å². The Bertz CT molecular complexity index is 779.